The van der Waals surface area contributed by atoms with Crippen molar-refractivity contribution < 1.29 is 18.5 Å². The molecule has 4 nitrogen and oxygen atoms in total. The number of benzene rings is 10. The van der Waals surface area contributed by atoms with Crippen LogP contribution < -0.4 is 18.5 Å². The van der Waals surface area contributed by atoms with E-state index in [0.29, 0.717) is 23.7 Å². The SMILES string of the molecule is COc1ccc2ccccc2c1-c1c(OPC2=C(C3=C(POc4ccc5ccccc5c4-c4c(OC)ccc5ccccc45)C(c4ccccc4)=CC4CCCCC34)C3CCCCC3C=C2c2ccccc2)ccc2ccccc12. The minimum absolute atomic E-state index is 0.00776. The first-order valence-corrected chi connectivity index (χ1v) is 30.5. The lowest BCUT2D eigenvalue weighted by Crippen LogP contribution is -2.32. The van der Waals surface area contributed by atoms with Crippen molar-refractivity contribution in [3.63, 3.8) is 0 Å². The predicted molar refractivity (Wildman–Crippen MR) is 339 cm³/mol. The lowest BCUT2D eigenvalue weighted by molar-refractivity contribution is 0.293. The van der Waals surface area contributed by atoms with E-state index >= 15 is 0 Å². The molecule has 2 saturated carbocycles. The van der Waals surface area contributed by atoms with E-state index in [2.05, 4.69) is 218 Å². The molecular formula is C74H64O4P2. The van der Waals surface area contributed by atoms with Gasteiger partial charge in [0.05, 0.1) is 14.2 Å². The Morgan fingerprint density at radius 1 is 0.325 bits per heavy atom. The number of fused-ring (bicyclic) bond motifs is 6. The molecule has 80 heavy (non-hydrogen) atoms. The quantitative estimate of drug-likeness (QED) is 0.108. The maximum atomic E-state index is 7.71. The molecule has 0 N–H and O–H groups in total. The molecule has 0 spiro atoms. The van der Waals surface area contributed by atoms with Crippen LogP contribution in [0.15, 0.2) is 240 Å². The van der Waals surface area contributed by atoms with Gasteiger partial charge in [-0.3, -0.25) is 0 Å². The third-order valence-electron chi connectivity index (χ3n) is 17.7. The molecule has 394 valence electrons. The highest BCUT2D eigenvalue weighted by Crippen LogP contribution is 2.61. The Hall–Kier alpha value is -7.74. The number of hydrogen-bond acceptors (Lipinski definition) is 4. The highest BCUT2D eigenvalue weighted by Gasteiger charge is 2.43. The van der Waals surface area contributed by atoms with Crippen LogP contribution in [-0.2, 0) is 0 Å². The largest absolute Gasteiger partial charge is 0.496 e. The van der Waals surface area contributed by atoms with E-state index in [1.807, 2.05) is 0 Å². The number of allylic oxidation sites excluding steroid dienone is 8. The van der Waals surface area contributed by atoms with Crippen molar-refractivity contribution in [1.82, 2.24) is 0 Å². The normalized spacial score (nSPS) is 19.4. The van der Waals surface area contributed by atoms with Gasteiger partial charge in [-0.05, 0) is 150 Å². The van der Waals surface area contributed by atoms with Crippen molar-refractivity contribution in [3.05, 3.63) is 251 Å². The molecular weight excluding hydrogens is 1010 g/mol. The average Bonchev–Trinajstić information content (AvgIpc) is 3.72. The molecule has 0 saturated heterocycles. The fourth-order valence-electron chi connectivity index (χ4n) is 14.1. The van der Waals surface area contributed by atoms with E-state index in [-0.39, 0.29) is 17.6 Å². The van der Waals surface area contributed by atoms with Crippen LogP contribution in [0.25, 0.3) is 76.5 Å². The van der Waals surface area contributed by atoms with Gasteiger partial charge in [0.25, 0.3) is 0 Å². The number of hydrogen-bond donors (Lipinski definition) is 0. The van der Waals surface area contributed by atoms with Gasteiger partial charge in [-0.25, -0.2) is 0 Å². The maximum absolute atomic E-state index is 7.71. The number of methoxy groups -OCH3 is 2. The van der Waals surface area contributed by atoms with E-state index in [4.69, 9.17) is 18.5 Å². The lowest BCUT2D eigenvalue weighted by atomic mass is 9.62. The van der Waals surface area contributed by atoms with Gasteiger partial charge >= 0.3 is 0 Å². The van der Waals surface area contributed by atoms with Crippen LogP contribution in [0.2, 0.25) is 0 Å². The molecule has 0 amide bonds. The third-order valence-corrected chi connectivity index (χ3v) is 19.8. The summed E-state index contributed by atoms with van der Waals surface area (Å²) in [6.07, 6.45) is 14.8. The molecule has 0 aromatic heterocycles. The third kappa shape index (κ3) is 9.12. The van der Waals surface area contributed by atoms with Crippen LogP contribution >= 0.6 is 17.6 Å². The zero-order chi connectivity index (χ0) is 53.5. The van der Waals surface area contributed by atoms with Crippen LogP contribution in [0.4, 0.5) is 0 Å². The number of rotatable bonds is 13. The Bertz CT molecular complexity index is 3870. The molecule has 10 aromatic rings. The van der Waals surface area contributed by atoms with E-state index < -0.39 is 0 Å². The Labute approximate surface area is 473 Å². The van der Waals surface area contributed by atoms with Gasteiger partial charge < -0.3 is 18.5 Å². The summed E-state index contributed by atoms with van der Waals surface area (Å²) >= 11 is 0. The van der Waals surface area contributed by atoms with Crippen molar-refractivity contribution >= 4 is 71.9 Å². The first kappa shape index (κ1) is 50.5. The molecule has 14 rings (SSSR count). The van der Waals surface area contributed by atoms with Crippen LogP contribution in [0, 0.1) is 23.7 Å². The predicted octanol–water partition coefficient (Wildman–Crippen LogP) is 20.6. The summed E-state index contributed by atoms with van der Waals surface area (Å²) in [6, 6.07) is 74.7. The van der Waals surface area contributed by atoms with Crippen molar-refractivity contribution in [2.45, 2.75) is 51.4 Å². The van der Waals surface area contributed by atoms with E-state index in [0.717, 1.165) is 101 Å². The molecule has 0 bridgehead atoms. The van der Waals surface area contributed by atoms with Crippen molar-refractivity contribution in [2.24, 2.45) is 23.7 Å². The fourth-order valence-corrected chi connectivity index (χ4v) is 16.4. The lowest BCUT2D eigenvalue weighted by Gasteiger charge is -2.45. The molecule has 4 aliphatic carbocycles. The van der Waals surface area contributed by atoms with E-state index in [1.165, 1.54) is 82.6 Å². The second-order valence-corrected chi connectivity index (χ2v) is 23.9. The molecule has 6 heteroatoms. The molecule has 10 aromatic carbocycles. The minimum atomic E-state index is 0.00776. The van der Waals surface area contributed by atoms with Crippen molar-refractivity contribution in [1.29, 1.82) is 0 Å². The molecule has 0 heterocycles. The second-order valence-electron chi connectivity index (χ2n) is 22.0. The molecule has 0 radical (unpaired) electrons. The van der Waals surface area contributed by atoms with Crippen molar-refractivity contribution in [2.75, 3.05) is 14.2 Å². The first-order valence-electron chi connectivity index (χ1n) is 28.7. The van der Waals surface area contributed by atoms with Gasteiger partial charge in [0.2, 0.25) is 0 Å². The van der Waals surface area contributed by atoms with Gasteiger partial charge in [-0.2, -0.15) is 0 Å². The Balaban J connectivity index is 1.01. The molecule has 6 unspecified atom stereocenters. The number of ether oxygens (including phenoxy) is 2. The van der Waals surface area contributed by atoms with Crippen molar-refractivity contribution in [3.8, 4) is 45.3 Å². The summed E-state index contributed by atoms with van der Waals surface area (Å²) in [5, 5.41) is 11.9. The van der Waals surface area contributed by atoms with Gasteiger partial charge in [-0.1, -0.05) is 220 Å². The Morgan fingerprint density at radius 3 is 1.00 bits per heavy atom. The zero-order valence-corrected chi connectivity index (χ0v) is 47.4. The summed E-state index contributed by atoms with van der Waals surface area (Å²) in [5.74, 6) is 4.84. The summed E-state index contributed by atoms with van der Waals surface area (Å²) in [5.41, 5.74) is 12.4. The smallest absolute Gasteiger partial charge is 0.132 e. The summed E-state index contributed by atoms with van der Waals surface area (Å²) < 4.78 is 28.0. The first-order chi connectivity index (χ1) is 39.6. The van der Waals surface area contributed by atoms with Gasteiger partial charge in [0, 0.05) is 32.9 Å². The van der Waals surface area contributed by atoms with Crippen LogP contribution in [0.5, 0.6) is 23.0 Å². The molecule has 4 aliphatic rings. The summed E-state index contributed by atoms with van der Waals surface area (Å²) in [4.78, 5) is 0. The molecule has 2 fully saturated rings. The van der Waals surface area contributed by atoms with Crippen LogP contribution in [-0.4, -0.2) is 14.2 Å². The minimum Gasteiger partial charge on any atom is -0.496 e. The van der Waals surface area contributed by atoms with Crippen LogP contribution in [0.1, 0.15) is 62.5 Å². The average molecular weight is 1080 g/mol. The standard InChI is InChI=1S/C74H64O4P2/c1-75-63-41-37-49-25-9-15-31-55(49)67(63)69-57-33-17-11-27-51(57)39-43-65(69)77-79-73-61(47-21-5-3-6-22-47)45-53-29-13-19-35-59(53)71(73)72-60-36-20-14-30-54(60)46-62(48-23-7-4-8-24-48)74(72)80-78-66-44-40-52-28-12-18-34-58(52)70(66)68-56-32-16-10-26-50(56)38-42-64(68)76-2/h3-12,15-18,21-28,31-34,37-46,53-54,59-60,79-80H,13-14,19-20,29-30,35-36H2,1-2H3. The van der Waals surface area contributed by atoms with E-state index in [1.54, 1.807) is 14.2 Å². The zero-order valence-electron chi connectivity index (χ0n) is 45.4. The summed E-state index contributed by atoms with van der Waals surface area (Å²) in [6.45, 7) is 0. The monoisotopic (exact) mass is 1080 g/mol. The highest BCUT2D eigenvalue weighted by atomic mass is 31.1. The van der Waals surface area contributed by atoms with Crippen LogP contribution in [0.3, 0.4) is 0 Å². The topological polar surface area (TPSA) is 36.9 Å². The van der Waals surface area contributed by atoms with E-state index in [9.17, 15) is 0 Å². The van der Waals surface area contributed by atoms with Gasteiger partial charge in [-0.15, -0.1) is 0 Å². The summed E-state index contributed by atoms with van der Waals surface area (Å²) in [7, 11) is 3.59. The van der Waals surface area contributed by atoms with Gasteiger partial charge in [0.1, 0.15) is 40.6 Å². The Morgan fingerprint density at radius 2 is 0.637 bits per heavy atom. The molecule has 0 aliphatic heterocycles. The highest BCUT2D eigenvalue weighted by molar-refractivity contribution is 7.40. The second kappa shape index (κ2) is 22.1. The van der Waals surface area contributed by atoms with Gasteiger partial charge in [0.15, 0.2) is 0 Å². The Kier molecular flexibility index (Phi) is 13.9. The maximum Gasteiger partial charge on any atom is 0.132 e. The molecule has 6 atom stereocenters. The fraction of sp³-hybridized carbons (Fsp3) is 0.189.